The van der Waals surface area contributed by atoms with Gasteiger partial charge in [-0.25, -0.2) is 18.4 Å². The molecule has 0 saturated carbocycles. The van der Waals surface area contributed by atoms with Crippen molar-refractivity contribution in [2.24, 2.45) is 0 Å². The van der Waals surface area contributed by atoms with Gasteiger partial charge in [0.05, 0.1) is 23.0 Å². The summed E-state index contributed by atoms with van der Waals surface area (Å²) in [6, 6.07) is 9.48. The molecule has 1 aliphatic rings. The van der Waals surface area contributed by atoms with Crippen LogP contribution in [0.5, 0.6) is 0 Å². The number of anilines is 1. The van der Waals surface area contributed by atoms with E-state index in [1.54, 1.807) is 29.2 Å². The second-order valence-corrected chi connectivity index (χ2v) is 10.2. The van der Waals surface area contributed by atoms with E-state index < -0.39 is 21.8 Å². The second kappa shape index (κ2) is 8.03. The van der Waals surface area contributed by atoms with Gasteiger partial charge in [-0.1, -0.05) is 22.0 Å². The fraction of sp³-hybridized carbons (Fsp3) is 0.300. The monoisotopic (exact) mass is 514 g/mol. The Kier molecular flexibility index (Phi) is 5.69. The normalized spacial score (nSPS) is 16.1. The topological polar surface area (TPSA) is 66.4 Å². The number of benzene rings is 2. The fourth-order valence-electron chi connectivity index (χ4n) is 3.71. The zero-order valence-electron chi connectivity index (χ0n) is 16.4. The lowest BCUT2D eigenvalue weighted by Crippen LogP contribution is -2.48. The molecule has 2 aromatic carbocycles. The average Bonchev–Trinajstić information content (AvgIpc) is 2.72. The summed E-state index contributed by atoms with van der Waals surface area (Å²) in [5.41, 5.74) is 0.618. The van der Waals surface area contributed by atoms with Crippen LogP contribution in [0.25, 0.3) is 22.2 Å². The zero-order valence-corrected chi connectivity index (χ0v) is 18.8. The van der Waals surface area contributed by atoms with Crippen LogP contribution in [0, 0.1) is 0 Å². The van der Waals surface area contributed by atoms with Crippen LogP contribution in [-0.4, -0.2) is 55.1 Å². The van der Waals surface area contributed by atoms with Crippen molar-refractivity contribution >= 4 is 42.5 Å². The molecular weight excluding hydrogens is 497 g/mol. The second-order valence-electron chi connectivity index (χ2n) is 7.26. The SMILES string of the molecule is CS(=O)(=O)N1CCN(c2ccc(-c3ncnc4ccc(Br)cc34)cc2C(F)(F)F)CC1. The number of hydrogen-bond donors (Lipinski definition) is 0. The Hall–Kier alpha value is -2.24. The first-order chi connectivity index (χ1) is 14.5. The van der Waals surface area contributed by atoms with Crippen LogP contribution in [0.1, 0.15) is 5.56 Å². The molecule has 0 N–H and O–H groups in total. The van der Waals surface area contributed by atoms with Gasteiger partial charge in [-0.05, 0) is 30.3 Å². The van der Waals surface area contributed by atoms with Crippen LogP contribution in [-0.2, 0) is 16.2 Å². The predicted octanol–water partition coefficient (Wildman–Crippen LogP) is 4.16. The molecule has 0 unspecified atom stereocenters. The molecule has 6 nitrogen and oxygen atoms in total. The third-order valence-corrected chi connectivity index (χ3v) is 7.02. The van der Waals surface area contributed by atoms with Gasteiger partial charge in [0.2, 0.25) is 10.0 Å². The van der Waals surface area contributed by atoms with Crippen LogP contribution in [0.15, 0.2) is 47.2 Å². The number of alkyl halides is 3. The molecule has 1 aromatic heterocycles. The van der Waals surface area contributed by atoms with Gasteiger partial charge in [-0.15, -0.1) is 0 Å². The number of halogens is 4. The average molecular weight is 515 g/mol. The lowest BCUT2D eigenvalue weighted by Gasteiger charge is -2.36. The molecule has 11 heteroatoms. The van der Waals surface area contributed by atoms with Crippen LogP contribution in [0.2, 0.25) is 0 Å². The smallest absolute Gasteiger partial charge is 0.368 e. The largest absolute Gasteiger partial charge is 0.418 e. The van der Waals surface area contributed by atoms with Crippen molar-refractivity contribution in [1.82, 2.24) is 14.3 Å². The highest BCUT2D eigenvalue weighted by Gasteiger charge is 2.36. The van der Waals surface area contributed by atoms with E-state index in [9.17, 15) is 21.6 Å². The van der Waals surface area contributed by atoms with Crippen LogP contribution in [0.3, 0.4) is 0 Å². The molecule has 31 heavy (non-hydrogen) atoms. The van der Waals surface area contributed by atoms with Crippen LogP contribution >= 0.6 is 15.9 Å². The first-order valence-electron chi connectivity index (χ1n) is 9.36. The maximum absolute atomic E-state index is 14.0. The Morgan fingerprint density at radius 3 is 2.35 bits per heavy atom. The molecule has 0 atom stereocenters. The summed E-state index contributed by atoms with van der Waals surface area (Å²) in [6.45, 7) is 0.642. The standard InChI is InChI=1S/C20H18BrF3N4O2S/c1-31(29,30)28-8-6-27(7-9-28)18-5-2-13(10-16(18)20(22,23)24)19-15-11-14(21)3-4-17(15)25-12-26-19/h2-5,10-12H,6-9H2,1H3. The van der Waals surface area contributed by atoms with E-state index in [2.05, 4.69) is 25.9 Å². The van der Waals surface area contributed by atoms with Gasteiger partial charge in [0.1, 0.15) is 6.33 Å². The molecule has 0 bridgehead atoms. The summed E-state index contributed by atoms with van der Waals surface area (Å²) in [7, 11) is -3.37. The van der Waals surface area contributed by atoms with Crippen molar-refractivity contribution in [3.05, 3.63) is 52.8 Å². The van der Waals surface area contributed by atoms with Crippen molar-refractivity contribution in [1.29, 1.82) is 0 Å². The lowest BCUT2D eigenvalue weighted by molar-refractivity contribution is -0.137. The molecule has 0 aliphatic carbocycles. The Morgan fingerprint density at radius 2 is 1.71 bits per heavy atom. The molecule has 0 amide bonds. The molecule has 1 saturated heterocycles. The van der Waals surface area contributed by atoms with Gasteiger partial charge in [0, 0.05) is 47.3 Å². The minimum Gasteiger partial charge on any atom is -0.368 e. The number of rotatable bonds is 3. The van der Waals surface area contributed by atoms with Crippen molar-refractivity contribution < 1.29 is 21.6 Å². The molecule has 1 fully saturated rings. The Morgan fingerprint density at radius 1 is 1.00 bits per heavy atom. The van der Waals surface area contributed by atoms with Gasteiger partial charge in [0.15, 0.2) is 0 Å². The van der Waals surface area contributed by atoms with E-state index >= 15 is 0 Å². The van der Waals surface area contributed by atoms with E-state index in [-0.39, 0.29) is 31.9 Å². The van der Waals surface area contributed by atoms with E-state index in [0.717, 1.165) is 16.8 Å². The summed E-state index contributed by atoms with van der Waals surface area (Å²) in [5, 5.41) is 0.638. The highest BCUT2D eigenvalue weighted by atomic mass is 79.9. The first-order valence-corrected chi connectivity index (χ1v) is 12.0. The Labute approximate surface area is 185 Å². The summed E-state index contributed by atoms with van der Waals surface area (Å²) in [4.78, 5) is 9.99. The molecule has 0 spiro atoms. The number of piperazine rings is 1. The highest BCUT2D eigenvalue weighted by molar-refractivity contribution is 9.10. The molecule has 2 heterocycles. The first kappa shape index (κ1) is 22.0. The molecule has 0 radical (unpaired) electrons. The van der Waals surface area contributed by atoms with E-state index in [0.29, 0.717) is 22.2 Å². The highest BCUT2D eigenvalue weighted by Crippen LogP contribution is 2.40. The number of nitrogens with zero attached hydrogens (tertiary/aromatic N) is 4. The molecule has 3 aromatic rings. The molecule has 4 rings (SSSR count). The Balaban J connectivity index is 1.76. The summed E-state index contributed by atoms with van der Waals surface area (Å²) >= 11 is 3.38. The minimum absolute atomic E-state index is 0.0314. The van der Waals surface area contributed by atoms with E-state index in [1.165, 1.54) is 16.7 Å². The maximum atomic E-state index is 14.0. The Bertz CT molecular complexity index is 1240. The van der Waals surface area contributed by atoms with Crippen molar-refractivity contribution in [2.45, 2.75) is 6.18 Å². The number of sulfonamides is 1. The molecule has 164 valence electrons. The predicted molar refractivity (Wildman–Crippen MR) is 116 cm³/mol. The van der Waals surface area contributed by atoms with Gasteiger partial charge in [-0.2, -0.15) is 17.5 Å². The number of fused-ring (bicyclic) bond motifs is 1. The van der Waals surface area contributed by atoms with Crippen molar-refractivity contribution in [3.8, 4) is 11.3 Å². The van der Waals surface area contributed by atoms with E-state index in [1.807, 2.05) is 0 Å². The summed E-state index contributed by atoms with van der Waals surface area (Å²) in [5.74, 6) is 0. The minimum atomic E-state index is -4.58. The summed E-state index contributed by atoms with van der Waals surface area (Å²) in [6.07, 6.45) is -2.15. The number of aromatic nitrogens is 2. The number of hydrogen-bond acceptors (Lipinski definition) is 5. The van der Waals surface area contributed by atoms with Crippen LogP contribution in [0.4, 0.5) is 18.9 Å². The van der Waals surface area contributed by atoms with Gasteiger partial charge >= 0.3 is 6.18 Å². The van der Waals surface area contributed by atoms with Gasteiger partial charge < -0.3 is 4.90 Å². The quantitative estimate of drug-likeness (QED) is 0.525. The fourth-order valence-corrected chi connectivity index (χ4v) is 4.89. The third-order valence-electron chi connectivity index (χ3n) is 5.22. The van der Waals surface area contributed by atoms with Gasteiger partial charge in [-0.3, -0.25) is 0 Å². The molecule has 1 aliphatic heterocycles. The third kappa shape index (κ3) is 4.53. The van der Waals surface area contributed by atoms with Crippen LogP contribution < -0.4 is 4.90 Å². The summed E-state index contributed by atoms with van der Waals surface area (Å²) < 4.78 is 67.4. The maximum Gasteiger partial charge on any atom is 0.418 e. The molecular formula is C20H18BrF3N4O2S. The van der Waals surface area contributed by atoms with Gasteiger partial charge in [0.25, 0.3) is 0 Å². The van der Waals surface area contributed by atoms with Crippen molar-refractivity contribution in [3.63, 3.8) is 0 Å². The van der Waals surface area contributed by atoms with E-state index in [4.69, 9.17) is 0 Å². The van der Waals surface area contributed by atoms with Crippen molar-refractivity contribution in [2.75, 3.05) is 37.3 Å². The lowest BCUT2D eigenvalue weighted by atomic mass is 10.0. The zero-order chi connectivity index (χ0) is 22.4.